The van der Waals surface area contributed by atoms with Crippen LogP contribution in [-0.2, 0) is 6.42 Å². The third-order valence-electron chi connectivity index (χ3n) is 8.77. The van der Waals surface area contributed by atoms with E-state index in [1.54, 1.807) is 0 Å². The van der Waals surface area contributed by atoms with Crippen LogP contribution in [0.4, 0.5) is 0 Å². The van der Waals surface area contributed by atoms with E-state index in [1.165, 1.54) is 19.0 Å². The molecule has 0 amide bonds. The first-order chi connectivity index (χ1) is 27.5. The highest BCUT2D eigenvalue weighted by Crippen LogP contribution is 2.38. The molecule has 0 saturated heterocycles. The van der Waals surface area contributed by atoms with Gasteiger partial charge in [0.2, 0.25) is 0 Å². The predicted octanol–water partition coefficient (Wildman–Crippen LogP) is 14.1. The molecule has 0 saturated carbocycles. The number of nitrogens with zero attached hydrogens (tertiary/aromatic N) is 1. The number of hydrogen-bond donors (Lipinski definition) is 3. The van der Waals surface area contributed by atoms with Crippen LogP contribution in [0, 0.1) is 11.3 Å². The second-order valence-corrected chi connectivity index (χ2v) is 13.1. The highest BCUT2D eigenvalue weighted by atomic mass is 32.2. The summed E-state index contributed by atoms with van der Waals surface area (Å²) in [6.07, 6.45) is 14.0. The van der Waals surface area contributed by atoms with Crippen molar-refractivity contribution in [3.8, 4) is 11.1 Å². The lowest BCUT2D eigenvalue weighted by atomic mass is 10.00. The lowest BCUT2D eigenvalue weighted by Gasteiger charge is -2.13. The zero-order valence-electron chi connectivity index (χ0n) is 34.0. The Hall–Kier alpha value is -5.63. The Kier molecular flexibility index (Phi) is 17.0. The zero-order valence-corrected chi connectivity index (χ0v) is 34.8. The minimum Gasteiger partial charge on any atom is -0.456 e. The Balaban J connectivity index is 0.00000111. The van der Waals surface area contributed by atoms with Crippen molar-refractivity contribution in [2.45, 2.75) is 66.2 Å². The number of benzene rings is 5. The number of allylic oxidation sites excluding steroid dienone is 5. The summed E-state index contributed by atoms with van der Waals surface area (Å²) in [5, 5.41) is 13.3. The van der Waals surface area contributed by atoms with Crippen molar-refractivity contribution >= 4 is 67.5 Å². The molecule has 0 aliphatic carbocycles. The van der Waals surface area contributed by atoms with Gasteiger partial charge in [-0.3, -0.25) is 5.41 Å². The van der Waals surface area contributed by atoms with Gasteiger partial charge < -0.3 is 19.3 Å². The Morgan fingerprint density at radius 2 is 1.46 bits per heavy atom. The molecule has 7 aromatic rings. The summed E-state index contributed by atoms with van der Waals surface area (Å²) < 4.78 is 16.3. The molecular weight excluding hydrogens is 709 g/mol. The molecule has 2 heterocycles. The molecule has 290 valence electrons. The number of para-hydroxylation sites is 1. The van der Waals surface area contributed by atoms with Crippen LogP contribution < -0.4 is 10.5 Å². The molecule has 0 fully saturated rings. The number of furan rings is 2. The molecule has 5 aromatic carbocycles. The minimum atomic E-state index is -0.179. The predicted molar refractivity (Wildman–Crippen MR) is 245 cm³/mol. The molecule has 0 aliphatic rings. The quantitative estimate of drug-likeness (QED) is 0.0423. The number of nitrogens with two attached hydrogens (primary N) is 1. The molecular formula is C49H56N4O2S. The number of aliphatic imine (C=N–C) groups is 1. The smallest absolute Gasteiger partial charge is 0.145 e. The van der Waals surface area contributed by atoms with Crippen LogP contribution in [0.1, 0.15) is 66.0 Å². The summed E-state index contributed by atoms with van der Waals surface area (Å²) in [6.45, 7) is 14.1. The van der Waals surface area contributed by atoms with Gasteiger partial charge in [0, 0.05) is 37.9 Å². The van der Waals surface area contributed by atoms with Gasteiger partial charge in [0.15, 0.2) is 0 Å². The topological polar surface area (TPSA) is 101 Å². The first-order valence-electron chi connectivity index (χ1n) is 19.6. The fourth-order valence-electron chi connectivity index (χ4n) is 6.22. The average molecular weight is 765 g/mol. The Morgan fingerprint density at radius 3 is 2.21 bits per heavy atom. The van der Waals surface area contributed by atoms with E-state index in [1.807, 2.05) is 102 Å². The van der Waals surface area contributed by atoms with Crippen LogP contribution in [0.15, 0.2) is 158 Å². The normalized spacial score (nSPS) is 12.1. The molecule has 1 unspecified atom stereocenters. The minimum absolute atomic E-state index is 0.179. The SMILES string of the molecule is C/C=C\Cc1cc(C(=NC(=N)C(C)/C=C\C=C/CC)NSc2ccc3c(c2)oc2cccc(-c4ccccc4)c23)cc2oc3ccccc3c12.CC.CC.CN. The van der Waals surface area contributed by atoms with Crippen LogP contribution >= 0.6 is 11.9 Å². The lowest BCUT2D eigenvalue weighted by molar-refractivity contribution is 0.667. The molecule has 4 N–H and O–H groups in total. The van der Waals surface area contributed by atoms with Gasteiger partial charge in [0.05, 0.1) is 0 Å². The Labute approximate surface area is 336 Å². The van der Waals surface area contributed by atoms with Gasteiger partial charge in [0.1, 0.15) is 34.0 Å². The fourth-order valence-corrected chi connectivity index (χ4v) is 6.90. The molecule has 0 bridgehead atoms. The van der Waals surface area contributed by atoms with Crippen molar-refractivity contribution in [2.75, 3.05) is 7.05 Å². The summed E-state index contributed by atoms with van der Waals surface area (Å²) in [6, 6.07) is 35.3. The molecule has 56 heavy (non-hydrogen) atoms. The van der Waals surface area contributed by atoms with Gasteiger partial charge in [0.25, 0.3) is 0 Å². The van der Waals surface area contributed by atoms with E-state index >= 15 is 0 Å². The third-order valence-corrected chi connectivity index (χ3v) is 9.56. The molecule has 1 atom stereocenters. The van der Waals surface area contributed by atoms with Gasteiger partial charge in [-0.05, 0) is 97.9 Å². The Morgan fingerprint density at radius 1 is 0.768 bits per heavy atom. The van der Waals surface area contributed by atoms with Crippen LogP contribution in [0.5, 0.6) is 0 Å². The zero-order chi connectivity index (χ0) is 40.5. The van der Waals surface area contributed by atoms with E-state index in [9.17, 15) is 0 Å². The monoisotopic (exact) mass is 764 g/mol. The highest BCUT2D eigenvalue weighted by molar-refractivity contribution is 7.98. The maximum atomic E-state index is 8.95. The third kappa shape index (κ3) is 10.2. The molecule has 2 aromatic heterocycles. The number of nitrogens with one attached hydrogen (secondary N) is 2. The number of fused-ring (bicyclic) bond motifs is 6. The number of rotatable bonds is 10. The molecule has 0 aliphatic heterocycles. The van der Waals surface area contributed by atoms with E-state index in [4.69, 9.17) is 19.2 Å². The summed E-state index contributed by atoms with van der Waals surface area (Å²) in [5.41, 5.74) is 12.1. The first-order valence-corrected chi connectivity index (χ1v) is 20.4. The second-order valence-electron chi connectivity index (χ2n) is 12.2. The van der Waals surface area contributed by atoms with E-state index in [0.717, 1.165) is 83.9 Å². The van der Waals surface area contributed by atoms with E-state index in [0.29, 0.717) is 5.84 Å². The van der Waals surface area contributed by atoms with Crippen LogP contribution in [-0.4, -0.2) is 18.7 Å². The van der Waals surface area contributed by atoms with Crippen LogP contribution in [0.3, 0.4) is 0 Å². The van der Waals surface area contributed by atoms with Gasteiger partial charge in [-0.15, -0.1) is 0 Å². The molecule has 0 radical (unpaired) electrons. The number of amidine groups is 2. The summed E-state index contributed by atoms with van der Waals surface area (Å²) in [4.78, 5) is 5.86. The number of hydrogen-bond acceptors (Lipinski definition) is 5. The molecule has 0 spiro atoms. The highest BCUT2D eigenvalue weighted by Gasteiger charge is 2.18. The average Bonchev–Trinajstić information content (AvgIpc) is 3.83. The molecule has 7 rings (SSSR count). The summed E-state index contributed by atoms with van der Waals surface area (Å²) >= 11 is 1.45. The maximum Gasteiger partial charge on any atom is 0.145 e. The van der Waals surface area contributed by atoms with E-state index in [-0.39, 0.29) is 11.8 Å². The van der Waals surface area contributed by atoms with E-state index in [2.05, 4.69) is 96.3 Å². The fraction of sp³-hybridized carbons (Fsp3) is 0.224. The Bertz CT molecular complexity index is 2450. The lowest BCUT2D eigenvalue weighted by Crippen LogP contribution is -2.21. The van der Waals surface area contributed by atoms with Crippen molar-refractivity contribution in [3.05, 3.63) is 151 Å². The van der Waals surface area contributed by atoms with Crippen molar-refractivity contribution < 1.29 is 8.83 Å². The van der Waals surface area contributed by atoms with Crippen molar-refractivity contribution in [3.63, 3.8) is 0 Å². The van der Waals surface area contributed by atoms with Crippen molar-refractivity contribution in [1.82, 2.24) is 4.72 Å². The van der Waals surface area contributed by atoms with Crippen molar-refractivity contribution in [2.24, 2.45) is 16.6 Å². The standard InChI is InChI=1S/C44H39N3O2S.2C2H6.CH5N/c1-4-6-8-10-16-29(3)43(45)46-44(32-26-31(17-7-5-2)41-35-20-13-14-22-37(35)48-40(41)27-32)47-50-33-24-25-36-39(28-33)49-38-23-15-21-34(42(36)38)30-18-11-9-12-19-30;3*1-2/h5-16,18-29H,4,17H2,1-3H3,(H2,45,46,47);2*1-2H3;2H2,1H3/b7-5-,8-6-,16-10-;;;. The van der Waals surface area contributed by atoms with Gasteiger partial charge >= 0.3 is 0 Å². The maximum absolute atomic E-state index is 8.95. The largest absolute Gasteiger partial charge is 0.456 e. The van der Waals surface area contributed by atoms with Crippen molar-refractivity contribution in [1.29, 1.82) is 5.41 Å². The molecule has 7 heteroatoms. The van der Waals surface area contributed by atoms with E-state index < -0.39 is 0 Å². The summed E-state index contributed by atoms with van der Waals surface area (Å²) in [5.74, 6) is 0.668. The molecule has 6 nitrogen and oxygen atoms in total. The van der Waals surface area contributed by atoms with Crippen LogP contribution in [0.25, 0.3) is 55.0 Å². The van der Waals surface area contributed by atoms with Gasteiger partial charge in [-0.1, -0.05) is 139 Å². The first kappa shape index (κ1) is 43.1. The summed E-state index contributed by atoms with van der Waals surface area (Å²) in [7, 11) is 1.50. The van der Waals surface area contributed by atoms with Gasteiger partial charge in [-0.25, -0.2) is 4.99 Å². The second kappa shape index (κ2) is 22.1. The van der Waals surface area contributed by atoms with Gasteiger partial charge in [-0.2, -0.15) is 0 Å². The van der Waals surface area contributed by atoms with Crippen LogP contribution in [0.2, 0.25) is 0 Å².